The van der Waals surface area contributed by atoms with Gasteiger partial charge < -0.3 is 10.2 Å². The second kappa shape index (κ2) is 5.81. The van der Waals surface area contributed by atoms with Crippen molar-refractivity contribution >= 4 is 0 Å². The molecule has 100 valence electrons. The Labute approximate surface area is 111 Å². The van der Waals surface area contributed by atoms with Gasteiger partial charge in [-0.1, -0.05) is 13.0 Å². The van der Waals surface area contributed by atoms with Crippen molar-refractivity contribution < 1.29 is 0 Å². The number of nitrogens with one attached hydrogen (secondary N) is 1. The predicted octanol–water partition coefficient (Wildman–Crippen LogP) is 2.46. The average molecular weight is 247 g/mol. The topological polar surface area (TPSA) is 28.2 Å². The van der Waals surface area contributed by atoms with Crippen LogP contribution >= 0.6 is 0 Å². The standard InChI is InChI=1S/C15H25N3/c1-11-10-18(4)12(2)9-15(11)17-13(3)14-7-5-6-8-16-14/h5-8,11-13,15,17H,9-10H2,1-4H3/t11?,12?,13-,15?/m1/s1. The first-order valence-electron chi connectivity index (χ1n) is 6.95. The summed E-state index contributed by atoms with van der Waals surface area (Å²) in [4.78, 5) is 6.88. The third-order valence-corrected chi connectivity index (χ3v) is 4.21. The van der Waals surface area contributed by atoms with E-state index in [4.69, 9.17) is 0 Å². The smallest absolute Gasteiger partial charge is 0.0570 e. The fourth-order valence-corrected chi connectivity index (χ4v) is 2.81. The van der Waals surface area contributed by atoms with Crippen LogP contribution in [-0.2, 0) is 0 Å². The molecular formula is C15H25N3. The number of hydrogen-bond acceptors (Lipinski definition) is 3. The van der Waals surface area contributed by atoms with Crippen LogP contribution < -0.4 is 5.32 Å². The van der Waals surface area contributed by atoms with E-state index in [-0.39, 0.29) is 0 Å². The van der Waals surface area contributed by atoms with E-state index in [1.54, 1.807) is 0 Å². The van der Waals surface area contributed by atoms with Gasteiger partial charge >= 0.3 is 0 Å². The Hall–Kier alpha value is -0.930. The molecular weight excluding hydrogens is 222 g/mol. The Bertz CT molecular complexity index is 365. The Morgan fingerprint density at radius 3 is 2.83 bits per heavy atom. The van der Waals surface area contributed by atoms with Crippen molar-refractivity contribution in [2.24, 2.45) is 5.92 Å². The second-order valence-electron chi connectivity index (χ2n) is 5.75. The van der Waals surface area contributed by atoms with Crippen LogP contribution in [0.25, 0.3) is 0 Å². The van der Waals surface area contributed by atoms with Crippen LogP contribution in [0.4, 0.5) is 0 Å². The van der Waals surface area contributed by atoms with Crippen molar-refractivity contribution in [3.63, 3.8) is 0 Å². The highest BCUT2D eigenvalue weighted by Crippen LogP contribution is 2.23. The second-order valence-corrected chi connectivity index (χ2v) is 5.75. The molecule has 1 N–H and O–H groups in total. The molecule has 3 unspecified atom stereocenters. The fraction of sp³-hybridized carbons (Fsp3) is 0.667. The molecule has 1 fully saturated rings. The van der Waals surface area contributed by atoms with Gasteiger partial charge in [-0.3, -0.25) is 4.98 Å². The van der Waals surface area contributed by atoms with Crippen LogP contribution in [0.2, 0.25) is 0 Å². The highest BCUT2D eigenvalue weighted by Gasteiger charge is 2.29. The minimum atomic E-state index is 0.328. The zero-order valence-corrected chi connectivity index (χ0v) is 11.9. The minimum absolute atomic E-state index is 0.328. The molecule has 1 aliphatic rings. The maximum Gasteiger partial charge on any atom is 0.0570 e. The molecule has 0 aromatic carbocycles. The van der Waals surface area contributed by atoms with Gasteiger partial charge in [-0.05, 0) is 45.4 Å². The molecule has 2 heterocycles. The summed E-state index contributed by atoms with van der Waals surface area (Å²) >= 11 is 0. The molecule has 2 rings (SSSR count). The predicted molar refractivity (Wildman–Crippen MR) is 75.4 cm³/mol. The van der Waals surface area contributed by atoms with Gasteiger partial charge in [-0.15, -0.1) is 0 Å². The molecule has 0 radical (unpaired) electrons. The zero-order valence-electron chi connectivity index (χ0n) is 11.9. The summed E-state index contributed by atoms with van der Waals surface area (Å²) < 4.78 is 0. The number of likely N-dealkylation sites (tertiary alicyclic amines) is 1. The molecule has 3 heteroatoms. The molecule has 0 saturated carbocycles. The number of hydrogen-bond donors (Lipinski definition) is 1. The van der Waals surface area contributed by atoms with E-state index in [2.05, 4.69) is 55.2 Å². The van der Waals surface area contributed by atoms with E-state index in [9.17, 15) is 0 Å². The molecule has 1 aromatic rings. The minimum Gasteiger partial charge on any atom is -0.306 e. The monoisotopic (exact) mass is 247 g/mol. The highest BCUT2D eigenvalue weighted by molar-refractivity contribution is 5.08. The quantitative estimate of drug-likeness (QED) is 0.889. The van der Waals surface area contributed by atoms with Gasteiger partial charge in [-0.25, -0.2) is 0 Å². The normalized spacial score (nSPS) is 31.2. The van der Waals surface area contributed by atoms with Crippen molar-refractivity contribution in [3.05, 3.63) is 30.1 Å². The number of nitrogens with zero attached hydrogens (tertiary/aromatic N) is 2. The lowest BCUT2D eigenvalue weighted by molar-refractivity contribution is 0.116. The van der Waals surface area contributed by atoms with Crippen molar-refractivity contribution in [2.75, 3.05) is 13.6 Å². The number of aromatic nitrogens is 1. The number of pyridine rings is 1. The Morgan fingerprint density at radius 1 is 1.39 bits per heavy atom. The summed E-state index contributed by atoms with van der Waals surface area (Å²) in [7, 11) is 2.22. The number of piperidine rings is 1. The molecule has 0 aliphatic carbocycles. The van der Waals surface area contributed by atoms with Crippen molar-refractivity contribution in [2.45, 2.75) is 45.3 Å². The summed E-state index contributed by atoms with van der Waals surface area (Å²) in [6.07, 6.45) is 3.09. The maximum atomic E-state index is 4.43. The first-order valence-corrected chi connectivity index (χ1v) is 6.95. The van der Waals surface area contributed by atoms with E-state index in [1.165, 1.54) is 13.0 Å². The van der Waals surface area contributed by atoms with Crippen molar-refractivity contribution in [1.29, 1.82) is 0 Å². The summed E-state index contributed by atoms with van der Waals surface area (Å²) in [6, 6.07) is 7.70. The number of rotatable bonds is 3. The summed E-state index contributed by atoms with van der Waals surface area (Å²) in [5.74, 6) is 0.692. The van der Waals surface area contributed by atoms with Crippen LogP contribution in [0.1, 0.15) is 38.9 Å². The largest absolute Gasteiger partial charge is 0.306 e. The zero-order chi connectivity index (χ0) is 13.1. The van der Waals surface area contributed by atoms with E-state index < -0.39 is 0 Å². The Balaban J connectivity index is 1.97. The van der Waals surface area contributed by atoms with Crippen molar-refractivity contribution in [1.82, 2.24) is 15.2 Å². The summed E-state index contributed by atoms with van der Waals surface area (Å²) in [6.45, 7) is 8.03. The molecule has 0 spiro atoms. The van der Waals surface area contributed by atoms with Crippen LogP contribution in [-0.4, -0.2) is 35.6 Å². The Kier molecular flexibility index (Phi) is 4.36. The van der Waals surface area contributed by atoms with Crippen LogP contribution in [0.3, 0.4) is 0 Å². The molecule has 3 nitrogen and oxygen atoms in total. The van der Waals surface area contributed by atoms with Gasteiger partial charge in [0.1, 0.15) is 0 Å². The average Bonchev–Trinajstić information content (AvgIpc) is 2.37. The van der Waals surface area contributed by atoms with E-state index in [1.807, 2.05) is 12.3 Å². The molecule has 1 aliphatic heterocycles. The van der Waals surface area contributed by atoms with E-state index >= 15 is 0 Å². The molecule has 0 bridgehead atoms. The summed E-state index contributed by atoms with van der Waals surface area (Å²) in [5, 5.41) is 3.75. The maximum absolute atomic E-state index is 4.43. The van der Waals surface area contributed by atoms with Gasteiger partial charge in [0.2, 0.25) is 0 Å². The lowest BCUT2D eigenvalue weighted by Gasteiger charge is -2.41. The molecule has 4 atom stereocenters. The van der Waals surface area contributed by atoms with Gasteiger partial charge in [0, 0.05) is 30.9 Å². The van der Waals surface area contributed by atoms with Crippen LogP contribution in [0.5, 0.6) is 0 Å². The Morgan fingerprint density at radius 2 is 2.17 bits per heavy atom. The van der Waals surface area contributed by atoms with Gasteiger partial charge in [0.15, 0.2) is 0 Å². The molecule has 1 aromatic heterocycles. The fourth-order valence-electron chi connectivity index (χ4n) is 2.81. The molecule has 18 heavy (non-hydrogen) atoms. The lowest BCUT2D eigenvalue weighted by atomic mass is 9.89. The SMILES string of the molecule is CC1CN(C)C(C)CC1N[C@H](C)c1ccccn1. The van der Waals surface area contributed by atoms with E-state index in [0.717, 1.165) is 5.69 Å². The van der Waals surface area contributed by atoms with Crippen LogP contribution in [0, 0.1) is 5.92 Å². The van der Waals surface area contributed by atoms with Crippen LogP contribution in [0.15, 0.2) is 24.4 Å². The molecule has 1 saturated heterocycles. The van der Waals surface area contributed by atoms with Gasteiger partial charge in [0.05, 0.1) is 5.69 Å². The first kappa shape index (κ1) is 13.5. The summed E-state index contributed by atoms with van der Waals surface area (Å²) in [5.41, 5.74) is 1.14. The van der Waals surface area contributed by atoms with Gasteiger partial charge in [0.25, 0.3) is 0 Å². The highest BCUT2D eigenvalue weighted by atomic mass is 15.2. The lowest BCUT2D eigenvalue weighted by Crippen LogP contribution is -2.51. The molecule has 0 amide bonds. The van der Waals surface area contributed by atoms with Crippen molar-refractivity contribution in [3.8, 4) is 0 Å². The first-order chi connectivity index (χ1) is 8.58. The third-order valence-electron chi connectivity index (χ3n) is 4.21. The third kappa shape index (κ3) is 3.09. The van der Waals surface area contributed by atoms with Gasteiger partial charge in [-0.2, -0.15) is 0 Å². The van der Waals surface area contributed by atoms with E-state index in [0.29, 0.717) is 24.0 Å².